The molecule has 3 N–H and O–H groups in total. The highest BCUT2D eigenvalue weighted by Gasteiger charge is 2.14. The minimum Gasteiger partial charge on any atom is -0.366 e. The van der Waals surface area contributed by atoms with Crippen molar-refractivity contribution in [2.45, 2.75) is 0 Å². The van der Waals surface area contributed by atoms with Crippen molar-refractivity contribution in [3.8, 4) is 0 Å². The third-order valence-electron chi connectivity index (χ3n) is 2.62. The van der Waals surface area contributed by atoms with E-state index in [0.29, 0.717) is 10.2 Å². The third-order valence-corrected chi connectivity index (χ3v) is 3.27. The Balaban J connectivity index is 2.30. The maximum Gasteiger partial charge on any atom is 0.256 e. The quantitative estimate of drug-likeness (QED) is 0.904. The second kappa shape index (κ2) is 5.83. The van der Waals surface area contributed by atoms with Crippen LogP contribution in [0.4, 0.5) is 10.1 Å². The maximum absolute atomic E-state index is 13.0. The summed E-state index contributed by atoms with van der Waals surface area (Å²) in [4.78, 5) is 23.4. The lowest BCUT2D eigenvalue weighted by Crippen LogP contribution is -2.18. The number of halogens is 2. The molecule has 20 heavy (non-hydrogen) atoms. The van der Waals surface area contributed by atoms with Crippen molar-refractivity contribution >= 4 is 33.4 Å². The fourth-order valence-corrected chi connectivity index (χ4v) is 2.20. The highest BCUT2D eigenvalue weighted by atomic mass is 79.9. The van der Waals surface area contributed by atoms with E-state index in [2.05, 4.69) is 21.2 Å². The van der Waals surface area contributed by atoms with Crippen molar-refractivity contribution in [2.75, 3.05) is 5.32 Å². The van der Waals surface area contributed by atoms with E-state index >= 15 is 0 Å². The zero-order valence-corrected chi connectivity index (χ0v) is 11.8. The van der Waals surface area contributed by atoms with Crippen LogP contribution in [-0.4, -0.2) is 11.8 Å². The lowest BCUT2D eigenvalue weighted by molar-refractivity contribution is 0.100. The van der Waals surface area contributed by atoms with Crippen LogP contribution in [0.2, 0.25) is 0 Å². The van der Waals surface area contributed by atoms with E-state index < -0.39 is 17.6 Å². The van der Waals surface area contributed by atoms with Gasteiger partial charge in [-0.05, 0) is 46.3 Å². The summed E-state index contributed by atoms with van der Waals surface area (Å²) in [7, 11) is 0. The number of nitrogens with one attached hydrogen (secondary N) is 1. The zero-order valence-electron chi connectivity index (χ0n) is 10.2. The Hall–Kier alpha value is -2.21. The Bertz CT molecular complexity index is 689. The molecule has 2 amide bonds. The van der Waals surface area contributed by atoms with Crippen LogP contribution in [0, 0.1) is 5.82 Å². The molecule has 0 aliphatic heterocycles. The molecule has 6 heteroatoms. The van der Waals surface area contributed by atoms with Crippen LogP contribution in [-0.2, 0) is 0 Å². The van der Waals surface area contributed by atoms with Gasteiger partial charge in [0.05, 0.1) is 16.8 Å². The Morgan fingerprint density at radius 1 is 1.10 bits per heavy atom. The second-order valence-corrected chi connectivity index (χ2v) is 4.84. The summed E-state index contributed by atoms with van der Waals surface area (Å²) >= 11 is 3.12. The van der Waals surface area contributed by atoms with Crippen molar-refractivity contribution in [3.63, 3.8) is 0 Å². The van der Waals surface area contributed by atoms with Gasteiger partial charge >= 0.3 is 0 Å². The molecule has 0 radical (unpaired) electrons. The number of amides is 2. The van der Waals surface area contributed by atoms with E-state index in [1.165, 1.54) is 24.3 Å². The lowest BCUT2D eigenvalue weighted by atomic mass is 10.1. The van der Waals surface area contributed by atoms with Gasteiger partial charge in [-0.3, -0.25) is 9.59 Å². The second-order valence-electron chi connectivity index (χ2n) is 3.99. The summed E-state index contributed by atoms with van der Waals surface area (Å²) in [6.07, 6.45) is 0. The van der Waals surface area contributed by atoms with Crippen molar-refractivity contribution < 1.29 is 14.0 Å². The number of anilines is 1. The molecule has 0 aliphatic rings. The number of para-hydroxylation sites is 1. The van der Waals surface area contributed by atoms with Gasteiger partial charge in [0.15, 0.2) is 0 Å². The molecule has 0 aromatic heterocycles. The fraction of sp³-hybridized carbons (Fsp3) is 0. The van der Waals surface area contributed by atoms with Gasteiger partial charge in [-0.25, -0.2) is 4.39 Å². The van der Waals surface area contributed by atoms with Gasteiger partial charge in [-0.1, -0.05) is 12.1 Å². The van der Waals surface area contributed by atoms with Crippen LogP contribution in [0.5, 0.6) is 0 Å². The highest BCUT2D eigenvalue weighted by Crippen LogP contribution is 2.21. The normalized spacial score (nSPS) is 10.1. The Morgan fingerprint density at radius 3 is 2.45 bits per heavy atom. The fourth-order valence-electron chi connectivity index (χ4n) is 1.67. The van der Waals surface area contributed by atoms with Gasteiger partial charge in [0.25, 0.3) is 11.8 Å². The summed E-state index contributed by atoms with van der Waals surface area (Å²) in [5.74, 6) is -1.56. The number of carbonyl (C=O) groups is 2. The van der Waals surface area contributed by atoms with Crippen LogP contribution in [0.3, 0.4) is 0 Å². The van der Waals surface area contributed by atoms with Crippen molar-refractivity contribution in [1.29, 1.82) is 0 Å². The molecule has 0 unspecified atom stereocenters. The van der Waals surface area contributed by atoms with E-state index in [0.717, 1.165) is 0 Å². The molecule has 2 aromatic carbocycles. The van der Waals surface area contributed by atoms with E-state index in [-0.39, 0.29) is 11.1 Å². The van der Waals surface area contributed by atoms with E-state index in [9.17, 15) is 14.0 Å². The zero-order chi connectivity index (χ0) is 14.7. The van der Waals surface area contributed by atoms with Crippen LogP contribution in [0.15, 0.2) is 46.9 Å². The molecule has 0 fully saturated rings. The van der Waals surface area contributed by atoms with E-state index in [4.69, 9.17) is 5.73 Å². The standard InChI is InChI=1S/C14H10BrFN2O2/c15-11-7-8(16)5-6-9(11)14(20)18-12-4-2-1-3-10(12)13(17)19/h1-7H,(H2,17,19)(H,18,20). The molecule has 0 saturated heterocycles. The Morgan fingerprint density at radius 2 is 1.80 bits per heavy atom. The smallest absolute Gasteiger partial charge is 0.256 e. The number of hydrogen-bond acceptors (Lipinski definition) is 2. The van der Waals surface area contributed by atoms with E-state index in [1.807, 2.05) is 0 Å². The monoisotopic (exact) mass is 336 g/mol. The first-order valence-corrected chi connectivity index (χ1v) is 6.43. The molecule has 0 atom stereocenters. The summed E-state index contributed by atoms with van der Waals surface area (Å²) in [5.41, 5.74) is 6.00. The van der Waals surface area contributed by atoms with Gasteiger partial charge in [-0.2, -0.15) is 0 Å². The van der Waals surface area contributed by atoms with Gasteiger partial charge in [0, 0.05) is 4.47 Å². The number of nitrogens with two attached hydrogens (primary N) is 1. The Labute approximate surface area is 122 Å². The van der Waals surface area contributed by atoms with Crippen LogP contribution in [0.25, 0.3) is 0 Å². The van der Waals surface area contributed by atoms with Crippen molar-refractivity contribution in [2.24, 2.45) is 5.73 Å². The van der Waals surface area contributed by atoms with Gasteiger partial charge < -0.3 is 11.1 Å². The van der Waals surface area contributed by atoms with Crippen LogP contribution in [0.1, 0.15) is 20.7 Å². The molecular formula is C14H10BrFN2O2. The number of primary amides is 1. The molecule has 0 aliphatic carbocycles. The maximum atomic E-state index is 13.0. The number of rotatable bonds is 3. The van der Waals surface area contributed by atoms with Crippen LogP contribution >= 0.6 is 15.9 Å². The lowest BCUT2D eigenvalue weighted by Gasteiger charge is -2.09. The first-order valence-electron chi connectivity index (χ1n) is 5.64. The minimum absolute atomic E-state index is 0.207. The molecule has 0 heterocycles. The Kier molecular flexibility index (Phi) is 4.14. The molecule has 0 spiro atoms. The van der Waals surface area contributed by atoms with Gasteiger partial charge in [-0.15, -0.1) is 0 Å². The predicted octanol–water partition coefficient (Wildman–Crippen LogP) is 2.94. The van der Waals surface area contributed by atoms with Crippen molar-refractivity contribution in [1.82, 2.24) is 0 Å². The number of carbonyl (C=O) groups excluding carboxylic acids is 2. The summed E-state index contributed by atoms with van der Waals surface area (Å²) in [5, 5.41) is 2.58. The first-order chi connectivity index (χ1) is 9.49. The molecule has 4 nitrogen and oxygen atoms in total. The number of benzene rings is 2. The summed E-state index contributed by atoms with van der Waals surface area (Å²) < 4.78 is 13.3. The predicted molar refractivity (Wildman–Crippen MR) is 77.0 cm³/mol. The molecule has 102 valence electrons. The largest absolute Gasteiger partial charge is 0.366 e. The minimum atomic E-state index is -0.640. The first kappa shape index (κ1) is 14.2. The summed E-state index contributed by atoms with van der Waals surface area (Å²) in [6.45, 7) is 0. The molecule has 0 bridgehead atoms. The average Bonchev–Trinajstić information content (AvgIpc) is 2.38. The molecule has 2 rings (SSSR count). The summed E-state index contributed by atoms with van der Waals surface area (Å²) in [6, 6.07) is 10.1. The molecule has 0 saturated carbocycles. The van der Waals surface area contributed by atoms with Gasteiger partial charge in [0.2, 0.25) is 0 Å². The SMILES string of the molecule is NC(=O)c1ccccc1NC(=O)c1ccc(F)cc1Br. The highest BCUT2D eigenvalue weighted by molar-refractivity contribution is 9.10. The molecule has 2 aromatic rings. The average molecular weight is 337 g/mol. The third kappa shape index (κ3) is 3.03. The van der Waals surface area contributed by atoms with Crippen LogP contribution < -0.4 is 11.1 Å². The van der Waals surface area contributed by atoms with Crippen molar-refractivity contribution in [3.05, 3.63) is 63.9 Å². The topological polar surface area (TPSA) is 72.2 Å². The molecular weight excluding hydrogens is 327 g/mol. The van der Waals surface area contributed by atoms with Gasteiger partial charge in [0.1, 0.15) is 5.82 Å². The van der Waals surface area contributed by atoms with E-state index in [1.54, 1.807) is 18.2 Å². The number of hydrogen-bond donors (Lipinski definition) is 2.